The second-order valence-corrected chi connectivity index (χ2v) is 11.2. The van der Waals surface area contributed by atoms with Crippen LogP contribution in [0, 0.1) is 0 Å². The van der Waals surface area contributed by atoms with E-state index in [0.29, 0.717) is 13.0 Å². The number of aliphatic hydroxyl groups excluding tert-OH is 1. The fourth-order valence-corrected chi connectivity index (χ4v) is 4.61. The number of ether oxygens (including phenoxy) is 2. The first-order chi connectivity index (χ1) is 20.2. The fraction of sp³-hybridized carbons (Fsp3) is 0.757. The number of carbonyl (C=O) groups excluding carboxylic acids is 1. The molecule has 41 heavy (non-hydrogen) atoms. The minimum atomic E-state index is -0.547. The summed E-state index contributed by atoms with van der Waals surface area (Å²) < 4.78 is 11.1. The van der Waals surface area contributed by atoms with Crippen LogP contribution >= 0.6 is 0 Å². The van der Waals surface area contributed by atoms with Gasteiger partial charge in [-0.3, -0.25) is 4.79 Å². The SMILES string of the molecule is CC/C=C\C/C=C\C/C=C\C/C=C\CCCCCOCC(CO)OC(=O)CCCCCCCCCCCCCCC. The van der Waals surface area contributed by atoms with Gasteiger partial charge in [-0.1, -0.05) is 146 Å². The number of allylic oxidation sites excluding steroid dienone is 8. The van der Waals surface area contributed by atoms with Gasteiger partial charge >= 0.3 is 5.97 Å². The van der Waals surface area contributed by atoms with Gasteiger partial charge in [0, 0.05) is 13.0 Å². The van der Waals surface area contributed by atoms with E-state index in [1.54, 1.807) is 0 Å². The molecule has 238 valence electrons. The van der Waals surface area contributed by atoms with Gasteiger partial charge in [0.15, 0.2) is 0 Å². The summed E-state index contributed by atoms with van der Waals surface area (Å²) in [6.07, 6.45) is 42.9. The van der Waals surface area contributed by atoms with E-state index < -0.39 is 6.10 Å². The lowest BCUT2D eigenvalue weighted by Crippen LogP contribution is -2.27. The number of aliphatic hydroxyl groups is 1. The van der Waals surface area contributed by atoms with E-state index in [2.05, 4.69) is 62.5 Å². The van der Waals surface area contributed by atoms with E-state index in [4.69, 9.17) is 9.47 Å². The molecule has 0 bridgehead atoms. The Morgan fingerprint density at radius 1 is 0.610 bits per heavy atom. The smallest absolute Gasteiger partial charge is 0.306 e. The lowest BCUT2D eigenvalue weighted by atomic mass is 10.0. The molecule has 0 amide bonds. The highest BCUT2D eigenvalue weighted by molar-refractivity contribution is 5.69. The summed E-state index contributed by atoms with van der Waals surface area (Å²) in [5, 5.41) is 9.53. The highest BCUT2D eigenvalue weighted by Gasteiger charge is 2.13. The Balaban J connectivity index is 3.52. The van der Waals surface area contributed by atoms with Crippen molar-refractivity contribution >= 4 is 5.97 Å². The van der Waals surface area contributed by atoms with E-state index in [-0.39, 0.29) is 19.2 Å². The average Bonchev–Trinajstić information content (AvgIpc) is 2.98. The number of esters is 1. The average molecular weight is 575 g/mol. The molecule has 0 aromatic heterocycles. The molecule has 0 saturated carbocycles. The standard InChI is InChI=1S/C37H66O4/c1-3-5-7-9-11-13-15-17-18-19-21-23-25-27-29-31-33-40-35-36(34-38)41-37(39)32-30-28-26-24-22-20-16-14-12-10-8-6-4-2/h5,7,11,13,17-18,21,23,36,38H,3-4,6,8-10,12,14-16,19-20,22,24-35H2,1-2H3/b7-5-,13-11-,18-17-,23-21-. The second-order valence-electron chi connectivity index (χ2n) is 11.2. The van der Waals surface area contributed by atoms with Gasteiger partial charge in [-0.15, -0.1) is 0 Å². The molecule has 0 aliphatic carbocycles. The number of hydrogen-bond donors (Lipinski definition) is 1. The second kappa shape index (κ2) is 34.6. The fourth-order valence-electron chi connectivity index (χ4n) is 4.61. The third-order valence-corrected chi connectivity index (χ3v) is 7.17. The van der Waals surface area contributed by atoms with Gasteiger partial charge in [0.1, 0.15) is 6.10 Å². The van der Waals surface area contributed by atoms with Crippen LogP contribution in [0.1, 0.15) is 155 Å². The largest absolute Gasteiger partial charge is 0.457 e. The minimum Gasteiger partial charge on any atom is -0.457 e. The third-order valence-electron chi connectivity index (χ3n) is 7.17. The number of carbonyl (C=O) groups is 1. The van der Waals surface area contributed by atoms with Gasteiger partial charge in [0.25, 0.3) is 0 Å². The summed E-state index contributed by atoms with van der Waals surface area (Å²) in [7, 11) is 0. The zero-order valence-electron chi connectivity index (χ0n) is 27.0. The Kier molecular flexibility index (Phi) is 33.2. The first kappa shape index (κ1) is 39.4. The normalized spacial score (nSPS) is 13.0. The maximum Gasteiger partial charge on any atom is 0.306 e. The van der Waals surface area contributed by atoms with Crippen molar-refractivity contribution in [1.82, 2.24) is 0 Å². The highest BCUT2D eigenvalue weighted by Crippen LogP contribution is 2.13. The van der Waals surface area contributed by atoms with Crippen molar-refractivity contribution in [1.29, 1.82) is 0 Å². The zero-order valence-corrected chi connectivity index (χ0v) is 27.0. The Bertz CT molecular complexity index is 649. The Labute approximate surface area is 254 Å². The molecule has 0 fully saturated rings. The number of unbranched alkanes of at least 4 members (excludes halogenated alkanes) is 15. The van der Waals surface area contributed by atoms with Gasteiger partial charge in [0.05, 0.1) is 13.2 Å². The lowest BCUT2D eigenvalue weighted by molar-refractivity contribution is -0.154. The summed E-state index contributed by atoms with van der Waals surface area (Å²) in [5.74, 6) is -0.214. The maximum atomic E-state index is 12.1. The molecule has 1 atom stereocenters. The molecule has 0 saturated heterocycles. The summed E-state index contributed by atoms with van der Waals surface area (Å²) in [6.45, 7) is 5.15. The van der Waals surface area contributed by atoms with Crippen LogP contribution in [0.25, 0.3) is 0 Å². The summed E-state index contributed by atoms with van der Waals surface area (Å²) in [4.78, 5) is 12.1. The van der Waals surface area contributed by atoms with Gasteiger partial charge < -0.3 is 14.6 Å². The molecule has 4 heteroatoms. The van der Waals surface area contributed by atoms with Crippen LogP contribution in [0.5, 0.6) is 0 Å². The molecular formula is C37H66O4. The summed E-state index contributed by atoms with van der Waals surface area (Å²) in [6, 6.07) is 0. The molecule has 1 N–H and O–H groups in total. The lowest BCUT2D eigenvalue weighted by Gasteiger charge is -2.15. The molecule has 1 unspecified atom stereocenters. The van der Waals surface area contributed by atoms with Crippen LogP contribution in [0.2, 0.25) is 0 Å². The monoisotopic (exact) mass is 574 g/mol. The van der Waals surface area contributed by atoms with Crippen LogP contribution in [0.15, 0.2) is 48.6 Å². The zero-order chi connectivity index (χ0) is 29.9. The van der Waals surface area contributed by atoms with Crippen LogP contribution in [0.3, 0.4) is 0 Å². The van der Waals surface area contributed by atoms with E-state index in [0.717, 1.165) is 64.2 Å². The van der Waals surface area contributed by atoms with Crippen molar-refractivity contribution in [3.05, 3.63) is 48.6 Å². The Morgan fingerprint density at radius 2 is 1.10 bits per heavy atom. The Morgan fingerprint density at radius 3 is 1.63 bits per heavy atom. The van der Waals surface area contributed by atoms with Crippen molar-refractivity contribution in [3.63, 3.8) is 0 Å². The van der Waals surface area contributed by atoms with Crippen LogP contribution < -0.4 is 0 Å². The number of hydrogen-bond acceptors (Lipinski definition) is 4. The van der Waals surface area contributed by atoms with Crippen molar-refractivity contribution in [2.24, 2.45) is 0 Å². The third kappa shape index (κ3) is 32.7. The van der Waals surface area contributed by atoms with Crippen molar-refractivity contribution < 1.29 is 19.4 Å². The van der Waals surface area contributed by atoms with Crippen molar-refractivity contribution in [2.75, 3.05) is 19.8 Å². The predicted octanol–water partition coefficient (Wildman–Crippen LogP) is 10.8. The molecule has 0 aromatic rings. The van der Waals surface area contributed by atoms with Gasteiger partial charge in [-0.25, -0.2) is 0 Å². The van der Waals surface area contributed by atoms with Crippen molar-refractivity contribution in [2.45, 2.75) is 161 Å². The van der Waals surface area contributed by atoms with E-state index in [1.807, 2.05) is 0 Å². The van der Waals surface area contributed by atoms with E-state index in [9.17, 15) is 9.90 Å². The summed E-state index contributed by atoms with van der Waals surface area (Å²) in [5.41, 5.74) is 0. The minimum absolute atomic E-state index is 0.184. The van der Waals surface area contributed by atoms with Gasteiger partial charge in [-0.2, -0.15) is 0 Å². The molecular weight excluding hydrogens is 508 g/mol. The maximum absolute atomic E-state index is 12.1. The molecule has 0 aliphatic heterocycles. The summed E-state index contributed by atoms with van der Waals surface area (Å²) >= 11 is 0. The molecule has 4 nitrogen and oxygen atoms in total. The molecule has 0 heterocycles. The first-order valence-electron chi connectivity index (χ1n) is 17.2. The van der Waals surface area contributed by atoms with Gasteiger partial charge in [0.2, 0.25) is 0 Å². The molecule has 0 aliphatic rings. The van der Waals surface area contributed by atoms with E-state index >= 15 is 0 Å². The van der Waals surface area contributed by atoms with Crippen LogP contribution in [-0.4, -0.2) is 37.0 Å². The van der Waals surface area contributed by atoms with Gasteiger partial charge in [-0.05, 0) is 51.4 Å². The van der Waals surface area contributed by atoms with E-state index in [1.165, 1.54) is 70.6 Å². The molecule has 0 radical (unpaired) electrons. The quantitative estimate of drug-likeness (QED) is 0.0508. The Hall–Kier alpha value is -1.65. The van der Waals surface area contributed by atoms with Crippen LogP contribution in [0.4, 0.5) is 0 Å². The first-order valence-corrected chi connectivity index (χ1v) is 17.2. The molecule has 0 rings (SSSR count). The highest BCUT2D eigenvalue weighted by atomic mass is 16.6. The molecule has 0 aromatic carbocycles. The van der Waals surface area contributed by atoms with Crippen molar-refractivity contribution in [3.8, 4) is 0 Å². The predicted molar refractivity (Wildman–Crippen MR) is 177 cm³/mol. The van der Waals surface area contributed by atoms with Crippen LogP contribution in [-0.2, 0) is 14.3 Å². The number of rotatable bonds is 31. The molecule has 0 spiro atoms. The topological polar surface area (TPSA) is 55.8 Å².